The van der Waals surface area contributed by atoms with Crippen LogP contribution < -0.4 is 10.5 Å². The van der Waals surface area contributed by atoms with Gasteiger partial charge in [-0.15, -0.1) is 16.8 Å². The first-order valence-electron chi connectivity index (χ1n) is 10.6. The van der Waals surface area contributed by atoms with Gasteiger partial charge in [-0.1, -0.05) is 36.4 Å². The largest absolute Gasteiger partial charge is 0.477 e. The number of benzene rings is 1. The Morgan fingerprint density at radius 1 is 1.08 bits per heavy atom. The number of rotatable bonds is 10. The average Bonchev–Trinajstić information content (AvgIpc) is 3.30. The summed E-state index contributed by atoms with van der Waals surface area (Å²) >= 11 is 0. The molecular weight excluding hydrogens is 494 g/mol. The molecule has 0 spiro atoms. The van der Waals surface area contributed by atoms with Gasteiger partial charge in [-0.2, -0.15) is 26.3 Å². The van der Waals surface area contributed by atoms with Gasteiger partial charge in [0.15, 0.2) is 5.69 Å². The highest BCUT2D eigenvalue weighted by molar-refractivity contribution is 5.68. The van der Waals surface area contributed by atoms with E-state index in [2.05, 4.69) is 21.8 Å². The van der Waals surface area contributed by atoms with Crippen LogP contribution in [0.2, 0.25) is 0 Å². The molecule has 2 aromatic heterocycles. The van der Waals surface area contributed by atoms with Gasteiger partial charge in [-0.25, -0.2) is 4.98 Å². The zero-order valence-corrected chi connectivity index (χ0v) is 19.0. The third-order valence-corrected chi connectivity index (χ3v) is 5.06. The van der Waals surface area contributed by atoms with E-state index in [4.69, 9.17) is 19.6 Å². The van der Waals surface area contributed by atoms with E-state index < -0.39 is 59.2 Å². The molecule has 194 valence electrons. The first-order chi connectivity index (χ1) is 16.9. The minimum Gasteiger partial charge on any atom is -0.477 e. The summed E-state index contributed by atoms with van der Waals surface area (Å²) in [5.41, 5.74) is 0.883. The van der Waals surface area contributed by atoms with Crippen molar-refractivity contribution in [1.29, 1.82) is 0 Å². The van der Waals surface area contributed by atoms with Crippen LogP contribution in [0.25, 0.3) is 11.6 Å². The van der Waals surface area contributed by atoms with Crippen LogP contribution in [0.5, 0.6) is 5.88 Å². The molecule has 0 amide bonds. The Morgan fingerprint density at radius 2 is 1.78 bits per heavy atom. The molecule has 3 aromatic rings. The Kier molecular flexibility index (Phi) is 7.92. The molecule has 0 aliphatic carbocycles. The van der Waals surface area contributed by atoms with Crippen LogP contribution in [0.4, 0.5) is 32.0 Å². The van der Waals surface area contributed by atoms with Crippen LogP contribution in [0.1, 0.15) is 36.8 Å². The van der Waals surface area contributed by atoms with E-state index in [-0.39, 0.29) is 6.61 Å². The first kappa shape index (κ1) is 27.0. The molecule has 3 rings (SSSR count). The summed E-state index contributed by atoms with van der Waals surface area (Å²) in [4.78, 5) is 3.75. The maximum Gasteiger partial charge on any atom is 0.426 e. The summed E-state index contributed by atoms with van der Waals surface area (Å²) in [5.74, 6) is -2.43. The Labute approximate surface area is 201 Å². The van der Waals surface area contributed by atoms with Crippen molar-refractivity contribution in [3.63, 3.8) is 0 Å². The molecule has 0 aliphatic rings. The average molecular weight is 516 g/mol. The second kappa shape index (κ2) is 10.6. The lowest BCUT2D eigenvalue weighted by Crippen LogP contribution is -2.42. The molecule has 0 saturated heterocycles. The van der Waals surface area contributed by atoms with Crippen molar-refractivity contribution in [1.82, 2.24) is 15.2 Å². The minimum absolute atomic E-state index is 0.125. The van der Waals surface area contributed by atoms with E-state index >= 15 is 0 Å². The number of unbranched alkanes of at least 4 members (excludes halogenated alkanes) is 1. The van der Waals surface area contributed by atoms with Crippen molar-refractivity contribution in [3.8, 4) is 17.5 Å². The van der Waals surface area contributed by atoms with Crippen molar-refractivity contribution in [3.05, 3.63) is 66.1 Å². The molecule has 0 bridgehead atoms. The topological polar surface area (TPSA) is 96.3 Å². The fourth-order valence-corrected chi connectivity index (χ4v) is 2.97. The molecule has 1 atom stereocenters. The molecule has 2 heterocycles. The summed E-state index contributed by atoms with van der Waals surface area (Å²) < 4.78 is 97.9. The van der Waals surface area contributed by atoms with E-state index in [0.29, 0.717) is 31.4 Å². The molecule has 1 aromatic carbocycles. The van der Waals surface area contributed by atoms with Crippen LogP contribution in [0, 0.1) is 0 Å². The molecule has 0 aliphatic heterocycles. The van der Waals surface area contributed by atoms with E-state index in [1.807, 2.05) is 0 Å². The highest BCUT2D eigenvalue weighted by atomic mass is 19.4. The number of alkyl halides is 6. The number of hydrogen-bond acceptors (Lipinski definition) is 7. The van der Waals surface area contributed by atoms with Crippen LogP contribution in [0.3, 0.4) is 0 Å². The van der Waals surface area contributed by atoms with Crippen molar-refractivity contribution >= 4 is 5.69 Å². The number of hydrogen-bond donors (Lipinski definition) is 1. The van der Waals surface area contributed by atoms with Crippen molar-refractivity contribution in [2.45, 2.75) is 44.3 Å². The first-order valence-corrected chi connectivity index (χ1v) is 10.6. The molecular formula is C23H22F6N4O3. The second-order valence-electron chi connectivity index (χ2n) is 7.77. The van der Waals surface area contributed by atoms with Crippen molar-refractivity contribution in [2.75, 3.05) is 12.3 Å². The maximum absolute atomic E-state index is 14.0. The molecule has 2 N–H and O–H groups in total. The fourth-order valence-electron chi connectivity index (χ4n) is 2.97. The van der Waals surface area contributed by atoms with Crippen molar-refractivity contribution in [2.24, 2.45) is 0 Å². The van der Waals surface area contributed by atoms with Gasteiger partial charge in [-0.3, -0.25) is 0 Å². The molecule has 0 radical (unpaired) electrons. The number of aromatic nitrogens is 3. The van der Waals surface area contributed by atoms with Gasteiger partial charge in [0, 0.05) is 0 Å². The summed E-state index contributed by atoms with van der Waals surface area (Å²) in [7, 11) is 0. The zero-order chi connectivity index (χ0) is 26.6. The predicted octanol–water partition coefficient (Wildman–Crippen LogP) is 6.07. The van der Waals surface area contributed by atoms with Gasteiger partial charge < -0.3 is 19.6 Å². The number of anilines is 1. The van der Waals surface area contributed by atoms with Crippen LogP contribution in [0.15, 0.2) is 53.5 Å². The molecule has 36 heavy (non-hydrogen) atoms. The quantitative estimate of drug-likeness (QED) is 0.198. The Hall–Kier alpha value is -3.61. The van der Waals surface area contributed by atoms with Gasteiger partial charge >= 0.3 is 12.4 Å². The molecule has 13 heteroatoms. The summed E-state index contributed by atoms with van der Waals surface area (Å²) in [5, 5.41) is 6.98. The third kappa shape index (κ3) is 5.96. The molecule has 1 unspecified atom stereocenters. The fraction of sp³-hybridized carbons (Fsp3) is 0.348. The zero-order valence-electron chi connectivity index (χ0n) is 19.0. The SMILES string of the molecule is C=CCCCOc1nc(-c2nnc(C(C)(OCc3ccccc3)C(F)(F)F)o2)c(N)cc1C(F)(F)F. The predicted molar refractivity (Wildman–Crippen MR) is 117 cm³/mol. The number of halogens is 6. The standard InChI is InChI=1S/C23H22F6N4O3/c1-3-4-8-11-34-18-15(22(24,25)26)12-16(30)17(31-18)19-32-33-20(36-19)21(2,23(27,28)29)35-13-14-9-6-5-7-10-14/h3,5-7,9-10,12H,1,4,8,11,13,30H2,2H3. The Bertz CT molecular complexity index is 1180. The third-order valence-electron chi connectivity index (χ3n) is 5.06. The van der Waals surface area contributed by atoms with E-state index in [9.17, 15) is 26.3 Å². The van der Waals surface area contributed by atoms with Gasteiger partial charge in [0.2, 0.25) is 11.5 Å². The van der Waals surface area contributed by atoms with E-state index in [1.165, 1.54) is 0 Å². The van der Waals surface area contributed by atoms with E-state index in [1.54, 1.807) is 36.4 Å². The highest BCUT2D eigenvalue weighted by Crippen LogP contribution is 2.44. The number of nitrogen functional groups attached to an aromatic ring is 1. The highest BCUT2D eigenvalue weighted by Gasteiger charge is 2.58. The number of pyridine rings is 1. The number of nitrogens with zero attached hydrogens (tertiary/aromatic N) is 3. The van der Waals surface area contributed by atoms with Crippen LogP contribution in [-0.4, -0.2) is 28.0 Å². The molecule has 0 fully saturated rings. The van der Waals surface area contributed by atoms with E-state index in [0.717, 1.165) is 0 Å². The lowest BCUT2D eigenvalue weighted by Gasteiger charge is -2.28. The Balaban J connectivity index is 1.97. The summed E-state index contributed by atoms with van der Waals surface area (Å²) in [6.07, 6.45) is -7.43. The van der Waals surface area contributed by atoms with Crippen LogP contribution in [-0.2, 0) is 23.1 Å². The van der Waals surface area contributed by atoms with Gasteiger partial charge in [0.1, 0.15) is 5.56 Å². The normalized spacial score (nSPS) is 13.9. The van der Waals surface area contributed by atoms with Gasteiger partial charge in [0.25, 0.3) is 11.8 Å². The lowest BCUT2D eigenvalue weighted by atomic mass is 10.1. The van der Waals surface area contributed by atoms with Crippen molar-refractivity contribution < 1.29 is 40.2 Å². The second-order valence-corrected chi connectivity index (χ2v) is 7.77. The smallest absolute Gasteiger partial charge is 0.426 e. The Morgan fingerprint density at radius 3 is 2.39 bits per heavy atom. The molecule has 7 nitrogen and oxygen atoms in total. The maximum atomic E-state index is 14.0. The molecule has 0 saturated carbocycles. The number of allylic oxidation sites excluding steroid dienone is 1. The number of ether oxygens (including phenoxy) is 2. The van der Waals surface area contributed by atoms with Gasteiger partial charge in [0.05, 0.1) is 18.9 Å². The van der Waals surface area contributed by atoms with Crippen LogP contribution >= 0.6 is 0 Å². The lowest BCUT2D eigenvalue weighted by molar-refractivity contribution is -0.289. The summed E-state index contributed by atoms with van der Waals surface area (Å²) in [6.45, 7) is 3.65. The summed E-state index contributed by atoms with van der Waals surface area (Å²) in [6, 6.07) is 8.63. The monoisotopic (exact) mass is 516 g/mol. The van der Waals surface area contributed by atoms with Gasteiger partial charge in [-0.05, 0) is 31.4 Å². The minimum atomic E-state index is -4.98. The number of nitrogens with two attached hydrogens (primary N) is 1.